The monoisotopic (exact) mass is 367 g/mol. The molecule has 0 amide bonds. The number of carbonyl (C=O) groups is 1. The summed E-state index contributed by atoms with van der Waals surface area (Å²) in [5, 5.41) is 22.4. The topological polar surface area (TPSA) is 83.1 Å². The van der Waals surface area contributed by atoms with Gasteiger partial charge in [-0.25, -0.2) is 0 Å². The minimum absolute atomic E-state index is 0.0326. The molecule has 3 heterocycles. The smallest absolute Gasteiger partial charge is 0.174 e. The minimum atomic E-state index is -1.04. The van der Waals surface area contributed by atoms with Crippen molar-refractivity contribution >= 4 is 5.78 Å². The van der Waals surface area contributed by atoms with Gasteiger partial charge >= 0.3 is 0 Å². The highest BCUT2D eigenvalue weighted by molar-refractivity contribution is 5.90. The molecule has 1 saturated carbocycles. The highest BCUT2D eigenvalue weighted by atomic mass is 16.5. The second kappa shape index (κ2) is 4.94. The van der Waals surface area contributed by atoms with Crippen molar-refractivity contribution in [2.24, 2.45) is 0 Å². The van der Waals surface area contributed by atoms with E-state index in [0.29, 0.717) is 38.0 Å². The summed E-state index contributed by atoms with van der Waals surface area (Å²) in [4.78, 5) is 15.1. The zero-order valence-electron chi connectivity index (χ0n) is 14.9. The second-order valence-corrected chi connectivity index (χ2v) is 8.38. The highest BCUT2D eigenvalue weighted by Crippen LogP contribution is 2.64. The number of aromatic hydroxyl groups is 1. The van der Waals surface area contributed by atoms with Gasteiger partial charge in [0.2, 0.25) is 0 Å². The van der Waals surface area contributed by atoms with Crippen LogP contribution < -0.4 is 4.74 Å². The van der Waals surface area contributed by atoms with E-state index in [9.17, 15) is 15.0 Å². The Hall–Kier alpha value is -2.31. The Morgan fingerprint density at radius 3 is 2.96 bits per heavy atom. The number of benzene rings is 1. The highest BCUT2D eigenvalue weighted by Gasteiger charge is 2.73. The molecule has 1 aromatic carbocycles. The first-order valence-electron chi connectivity index (χ1n) is 9.57. The molecule has 2 aliphatic heterocycles. The number of ketones is 1. The second-order valence-electron chi connectivity index (χ2n) is 8.38. The molecule has 1 saturated heterocycles. The Morgan fingerprint density at radius 2 is 2.15 bits per heavy atom. The number of nitrogens with zero attached hydrogens (tertiary/aromatic N) is 1. The maximum Gasteiger partial charge on any atom is 0.174 e. The molecule has 4 atom stereocenters. The van der Waals surface area contributed by atoms with Crippen LogP contribution in [0.3, 0.4) is 0 Å². The van der Waals surface area contributed by atoms with Gasteiger partial charge in [-0.3, -0.25) is 9.69 Å². The molecule has 140 valence electrons. The van der Waals surface area contributed by atoms with E-state index >= 15 is 0 Å². The molecular weight excluding hydrogens is 346 g/mol. The van der Waals surface area contributed by atoms with E-state index in [1.165, 1.54) is 0 Å². The average Bonchev–Trinajstić information content (AvgIpc) is 3.27. The fourth-order valence-electron chi connectivity index (χ4n) is 6.22. The number of piperidine rings is 1. The van der Waals surface area contributed by atoms with Gasteiger partial charge in [0.25, 0.3) is 0 Å². The lowest BCUT2D eigenvalue weighted by atomic mass is 9.49. The van der Waals surface area contributed by atoms with Crippen molar-refractivity contribution in [3.63, 3.8) is 0 Å². The molecule has 27 heavy (non-hydrogen) atoms. The maximum atomic E-state index is 12.8. The number of Topliss-reactive ketones (excluding diaryl/α,β-unsaturated/α-hetero) is 1. The molecule has 4 aliphatic rings. The third-order valence-electron chi connectivity index (χ3n) is 7.33. The molecule has 0 radical (unpaired) electrons. The van der Waals surface area contributed by atoms with Crippen LogP contribution in [-0.2, 0) is 23.2 Å². The quantitative estimate of drug-likeness (QED) is 0.844. The van der Waals surface area contributed by atoms with Gasteiger partial charge in [-0.2, -0.15) is 0 Å². The van der Waals surface area contributed by atoms with Crippen LogP contribution in [-0.4, -0.2) is 45.2 Å². The molecular formula is C21H21NO5. The SMILES string of the molecule is O=C1CCC2(O)[C@@H]3Cc4ccc(O)c5c4[C@]2(CCN3Cc2ccoc2)C1O5. The molecule has 1 spiro atoms. The Morgan fingerprint density at radius 1 is 1.26 bits per heavy atom. The molecule has 2 N–H and O–H groups in total. The van der Waals surface area contributed by atoms with E-state index in [1.807, 2.05) is 12.1 Å². The van der Waals surface area contributed by atoms with Crippen molar-refractivity contribution in [1.82, 2.24) is 4.90 Å². The molecule has 2 fully saturated rings. The van der Waals surface area contributed by atoms with Gasteiger partial charge in [0.15, 0.2) is 23.4 Å². The average molecular weight is 367 g/mol. The Bertz CT molecular complexity index is 954. The zero-order valence-corrected chi connectivity index (χ0v) is 14.9. The summed E-state index contributed by atoms with van der Waals surface area (Å²) in [6.07, 6.45) is 4.78. The molecule has 6 nitrogen and oxygen atoms in total. The Balaban J connectivity index is 1.54. The summed E-state index contributed by atoms with van der Waals surface area (Å²) in [5.41, 5.74) is 1.24. The molecule has 2 aromatic rings. The van der Waals surface area contributed by atoms with E-state index in [4.69, 9.17) is 9.15 Å². The third kappa shape index (κ3) is 1.71. The van der Waals surface area contributed by atoms with Gasteiger partial charge in [0.1, 0.15) is 0 Å². The first-order valence-corrected chi connectivity index (χ1v) is 9.57. The summed E-state index contributed by atoms with van der Waals surface area (Å²) in [7, 11) is 0. The lowest BCUT2D eigenvalue weighted by Gasteiger charge is -2.62. The number of carbonyl (C=O) groups excluding carboxylic acids is 1. The normalized spacial score (nSPS) is 36.4. The molecule has 2 aliphatic carbocycles. The Labute approximate surface area is 156 Å². The van der Waals surface area contributed by atoms with Gasteiger partial charge in [0, 0.05) is 36.7 Å². The fourth-order valence-corrected chi connectivity index (χ4v) is 6.22. The minimum Gasteiger partial charge on any atom is -0.504 e. The number of rotatable bonds is 2. The first-order chi connectivity index (χ1) is 13.0. The molecule has 1 aromatic heterocycles. The lowest BCUT2D eigenvalue weighted by molar-refractivity contribution is -0.189. The fraction of sp³-hybridized carbons (Fsp3) is 0.476. The van der Waals surface area contributed by atoms with E-state index in [-0.39, 0.29) is 17.6 Å². The van der Waals surface area contributed by atoms with Crippen molar-refractivity contribution in [2.75, 3.05) is 6.54 Å². The van der Waals surface area contributed by atoms with Crippen LogP contribution in [0.25, 0.3) is 0 Å². The van der Waals surface area contributed by atoms with Crippen molar-refractivity contribution in [3.05, 3.63) is 47.4 Å². The number of phenolic OH excluding ortho intramolecular Hbond substituents is 1. The number of hydrogen-bond donors (Lipinski definition) is 2. The van der Waals surface area contributed by atoms with E-state index < -0.39 is 17.1 Å². The molecule has 2 bridgehead atoms. The van der Waals surface area contributed by atoms with Gasteiger partial charge in [-0.1, -0.05) is 6.07 Å². The number of aliphatic hydroxyl groups is 1. The predicted molar refractivity (Wildman–Crippen MR) is 94.6 cm³/mol. The molecule has 2 unspecified atom stereocenters. The Kier molecular flexibility index (Phi) is 2.88. The summed E-state index contributed by atoms with van der Waals surface area (Å²) >= 11 is 0. The predicted octanol–water partition coefficient (Wildman–Crippen LogP) is 1.91. The maximum absolute atomic E-state index is 12.8. The van der Waals surface area contributed by atoms with Crippen molar-refractivity contribution in [2.45, 2.75) is 55.4 Å². The van der Waals surface area contributed by atoms with E-state index in [1.54, 1.807) is 18.6 Å². The van der Waals surface area contributed by atoms with E-state index in [0.717, 1.165) is 23.2 Å². The van der Waals surface area contributed by atoms with Crippen LogP contribution in [0.2, 0.25) is 0 Å². The van der Waals surface area contributed by atoms with Crippen molar-refractivity contribution < 1.29 is 24.2 Å². The summed E-state index contributed by atoms with van der Waals surface area (Å²) in [5.74, 6) is 0.505. The van der Waals surface area contributed by atoms with E-state index in [2.05, 4.69) is 4.90 Å². The van der Waals surface area contributed by atoms with Crippen molar-refractivity contribution in [1.29, 1.82) is 0 Å². The number of hydrogen-bond acceptors (Lipinski definition) is 6. The number of phenols is 1. The summed E-state index contributed by atoms with van der Waals surface area (Å²) in [6.45, 7) is 1.47. The molecule has 6 heteroatoms. The summed E-state index contributed by atoms with van der Waals surface area (Å²) in [6, 6.07) is 5.43. The van der Waals surface area contributed by atoms with Crippen LogP contribution in [0.5, 0.6) is 11.5 Å². The van der Waals surface area contributed by atoms with Crippen LogP contribution in [0.1, 0.15) is 36.0 Å². The molecule has 6 rings (SSSR count). The van der Waals surface area contributed by atoms with Crippen LogP contribution in [0, 0.1) is 0 Å². The first kappa shape index (κ1) is 15.7. The number of ether oxygens (including phenoxy) is 1. The van der Waals surface area contributed by atoms with Gasteiger partial charge in [-0.05, 0) is 37.0 Å². The zero-order chi connectivity index (χ0) is 18.4. The lowest BCUT2D eigenvalue weighted by Crippen LogP contribution is -2.76. The standard InChI is InChI=1S/C21H21NO5/c23-14-2-1-13-9-16-21(25)5-3-15(24)19-20(21,17(13)18(14)27-19)6-7-22(16)10-12-4-8-26-11-12/h1-2,4,8,11,16,19,23,25H,3,5-7,9-10H2/t16-,19?,20+,21?/m0/s1. The number of likely N-dealkylation sites (tertiary alicyclic amines) is 1. The third-order valence-corrected chi connectivity index (χ3v) is 7.33. The summed E-state index contributed by atoms with van der Waals surface area (Å²) < 4.78 is 11.3. The van der Waals surface area contributed by atoms with Crippen LogP contribution in [0.15, 0.2) is 35.1 Å². The van der Waals surface area contributed by atoms with Gasteiger partial charge < -0.3 is 19.4 Å². The number of furan rings is 1. The van der Waals surface area contributed by atoms with Gasteiger partial charge in [0.05, 0.1) is 23.5 Å². The largest absolute Gasteiger partial charge is 0.504 e. The van der Waals surface area contributed by atoms with Crippen LogP contribution >= 0.6 is 0 Å². The van der Waals surface area contributed by atoms with Gasteiger partial charge in [-0.15, -0.1) is 0 Å². The van der Waals surface area contributed by atoms with Crippen molar-refractivity contribution in [3.8, 4) is 11.5 Å². The van der Waals surface area contributed by atoms with Crippen LogP contribution in [0.4, 0.5) is 0 Å².